The number of likely N-dealkylation sites (tertiary alicyclic amines) is 1. The van der Waals surface area contributed by atoms with Gasteiger partial charge in [0, 0.05) is 22.8 Å². The summed E-state index contributed by atoms with van der Waals surface area (Å²) in [6, 6.07) is 3.95. The molecule has 1 fully saturated rings. The highest BCUT2D eigenvalue weighted by Crippen LogP contribution is 2.18. The van der Waals surface area contributed by atoms with Crippen LogP contribution >= 0.6 is 11.3 Å². The maximum absolute atomic E-state index is 10.6. The third-order valence-electron chi connectivity index (χ3n) is 3.59. The molecule has 1 aliphatic rings. The molecule has 1 atom stereocenters. The van der Waals surface area contributed by atoms with E-state index < -0.39 is 5.97 Å². The Morgan fingerprint density at radius 3 is 3.00 bits per heavy atom. The number of nitrogens with zero attached hydrogens (tertiary/aromatic N) is 1. The minimum absolute atomic E-state index is 0.138. The van der Waals surface area contributed by atoms with Gasteiger partial charge in [-0.05, 0) is 44.1 Å². The van der Waals surface area contributed by atoms with Crippen LogP contribution in [0.5, 0.6) is 0 Å². The zero-order valence-corrected chi connectivity index (χ0v) is 12.2. The van der Waals surface area contributed by atoms with Gasteiger partial charge >= 0.3 is 5.97 Å². The van der Waals surface area contributed by atoms with E-state index in [4.69, 9.17) is 5.11 Å². The van der Waals surface area contributed by atoms with Gasteiger partial charge in [0.25, 0.3) is 0 Å². The van der Waals surface area contributed by atoms with E-state index in [9.17, 15) is 4.79 Å². The van der Waals surface area contributed by atoms with Crippen LogP contribution in [0.3, 0.4) is 0 Å². The molecule has 2 heterocycles. The van der Waals surface area contributed by atoms with Gasteiger partial charge in [-0.3, -0.25) is 4.79 Å². The summed E-state index contributed by atoms with van der Waals surface area (Å²) in [6.07, 6.45) is 1.42. The highest BCUT2D eigenvalue weighted by Gasteiger charge is 2.20. The summed E-state index contributed by atoms with van der Waals surface area (Å²) < 4.78 is 0. The Hall–Kier alpha value is -0.910. The summed E-state index contributed by atoms with van der Waals surface area (Å²) >= 11 is 1.60. The summed E-state index contributed by atoms with van der Waals surface area (Å²) in [5.41, 5.74) is 0. The third-order valence-corrected chi connectivity index (χ3v) is 4.68. The van der Waals surface area contributed by atoms with Gasteiger partial charge in [-0.25, -0.2) is 0 Å². The Bertz CT molecular complexity index is 419. The van der Waals surface area contributed by atoms with Gasteiger partial charge < -0.3 is 15.3 Å². The molecule has 0 amide bonds. The first kappa shape index (κ1) is 14.5. The lowest BCUT2D eigenvalue weighted by Crippen LogP contribution is -2.25. The average molecular weight is 282 g/mol. The van der Waals surface area contributed by atoms with Crippen molar-refractivity contribution in [2.24, 2.45) is 5.92 Å². The van der Waals surface area contributed by atoms with E-state index >= 15 is 0 Å². The molecule has 0 aliphatic carbocycles. The molecule has 2 rings (SSSR count). The Kier molecular flexibility index (Phi) is 5.36. The number of aliphatic carboxylic acids is 1. The number of hydrogen-bond acceptors (Lipinski definition) is 4. The number of thiophene rings is 1. The monoisotopic (exact) mass is 282 g/mol. The van der Waals surface area contributed by atoms with E-state index in [-0.39, 0.29) is 6.42 Å². The van der Waals surface area contributed by atoms with Crippen LogP contribution in [0.4, 0.5) is 0 Å². The van der Waals surface area contributed by atoms with E-state index in [1.54, 1.807) is 11.3 Å². The maximum atomic E-state index is 10.6. The van der Waals surface area contributed by atoms with Crippen molar-refractivity contribution in [1.82, 2.24) is 10.2 Å². The summed E-state index contributed by atoms with van der Waals surface area (Å²) in [4.78, 5) is 15.3. The van der Waals surface area contributed by atoms with Crippen molar-refractivity contribution in [2.45, 2.75) is 26.3 Å². The average Bonchev–Trinajstić information content (AvgIpc) is 2.98. The van der Waals surface area contributed by atoms with Crippen molar-refractivity contribution >= 4 is 17.3 Å². The second-order valence-corrected chi connectivity index (χ2v) is 6.37. The van der Waals surface area contributed by atoms with E-state index in [0.717, 1.165) is 30.4 Å². The van der Waals surface area contributed by atoms with E-state index in [1.165, 1.54) is 24.4 Å². The Morgan fingerprint density at radius 2 is 2.32 bits per heavy atom. The molecule has 2 N–H and O–H groups in total. The fourth-order valence-corrected chi connectivity index (χ4v) is 3.51. The van der Waals surface area contributed by atoms with Crippen molar-refractivity contribution in [1.29, 1.82) is 0 Å². The maximum Gasteiger partial charge on any atom is 0.308 e. The summed E-state index contributed by atoms with van der Waals surface area (Å²) in [6.45, 7) is 7.71. The van der Waals surface area contributed by atoms with Crippen molar-refractivity contribution < 1.29 is 9.90 Å². The molecule has 0 aromatic carbocycles. The molecular weight excluding hydrogens is 260 g/mol. The topological polar surface area (TPSA) is 52.6 Å². The lowest BCUT2D eigenvalue weighted by Gasteiger charge is -2.13. The summed E-state index contributed by atoms with van der Waals surface area (Å²) in [7, 11) is 0. The molecule has 1 aromatic heterocycles. The molecule has 1 aliphatic heterocycles. The van der Waals surface area contributed by atoms with Crippen LogP contribution in [0, 0.1) is 5.92 Å². The lowest BCUT2D eigenvalue weighted by atomic mass is 10.1. The smallest absolute Gasteiger partial charge is 0.308 e. The van der Waals surface area contributed by atoms with Crippen LogP contribution in [0.15, 0.2) is 12.1 Å². The van der Waals surface area contributed by atoms with Gasteiger partial charge in [0.05, 0.1) is 6.42 Å². The minimum Gasteiger partial charge on any atom is -0.481 e. The number of carbonyl (C=O) groups is 1. The van der Waals surface area contributed by atoms with Crippen LogP contribution in [-0.2, 0) is 17.8 Å². The molecule has 1 aromatic rings. The first-order chi connectivity index (χ1) is 9.17. The molecule has 1 unspecified atom stereocenters. The standard InChI is InChI=1S/C14H22N2O2S/c1-2-16-6-5-11(10-16)8-15-9-13-4-3-12(19-13)7-14(17)18/h3-4,11,15H,2,5-10H2,1H3,(H,17,18). The minimum atomic E-state index is -0.757. The molecule has 5 heteroatoms. The largest absolute Gasteiger partial charge is 0.481 e. The first-order valence-electron chi connectivity index (χ1n) is 6.89. The normalized spacial score (nSPS) is 19.9. The summed E-state index contributed by atoms with van der Waals surface area (Å²) in [5.74, 6) is 0.00498. The number of nitrogens with one attached hydrogen (secondary N) is 1. The van der Waals surface area contributed by atoms with E-state index in [2.05, 4.69) is 17.1 Å². The Morgan fingerprint density at radius 1 is 1.53 bits per heavy atom. The van der Waals surface area contributed by atoms with Gasteiger partial charge in [-0.15, -0.1) is 11.3 Å². The lowest BCUT2D eigenvalue weighted by molar-refractivity contribution is -0.136. The second kappa shape index (κ2) is 7.03. The zero-order valence-electron chi connectivity index (χ0n) is 11.4. The SMILES string of the molecule is CCN1CCC(CNCc2ccc(CC(=O)O)s2)C1. The Balaban J connectivity index is 1.68. The van der Waals surface area contributed by atoms with Crippen LogP contribution in [0.2, 0.25) is 0 Å². The van der Waals surface area contributed by atoms with E-state index in [0.29, 0.717) is 0 Å². The second-order valence-electron chi connectivity index (χ2n) is 5.12. The van der Waals surface area contributed by atoms with Gasteiger partial charge in [0.2, 0.25) is 0 Å². The zero-order chi connectivity index (χ0) is 13.7. The molecule has 4 nitrogen and oxygen atoms in total. The van der Waals surface area contributed by atoms with Crippen LogP contribution in [-0.4, -0.2) is 42.2 Å². The molecule has 19 heavy (non-hydrogen) atoms. The third kappa shape index (κ3) is 4.60. The molecule has 0 saturated carbocycles. The van der Waals surface area contributed by atoms with Gasteiger partial charge in [-0.2, -0.15) is 0 Å². The van der Waals surface area contributed by atoms with Crippen molar-refractivity contribution in [3.8, 4) is 0 Å². The molecule has 1 saturated heterocycles. The van der Waals surface area contributed by atoms with Gasteiger partial charge in [0.15, 0.2) is 0 Å². The molecule has 0 radical (unpaired) electrons. The van der Waals surface area contributed by atoms with Crippen molar-refractivity contribution in [3.05, 3.63) is 21.9 Å². The number of rotatable bonds is 7. The fraction of sp³-hybridized carbons (Fsp3) is 0.643. The molecular formula is C14H22N2O2S. The van der Waals surface area contributed by atoms with Crippen molar-refractivity contribution in [3.63, 3.8) is 0 Å². The predicted molar refractivity (Wildman–Crippen MR) is 77.6 cm³/mol. The number of carboxylic acids is 1. The highest BCUT2D eigenvalue weighted by atomic mass is 32.1. The van der Waals surface area contributed by atoms with Gasteiger partial charge in [-0.1, -0.05) is 6.92 Å². The Labute approximate surface area is 118 Å². The van der Waals surface area contributed by atoms with Gasteiger partial charge in [0.1, 0.15) is 0 Å². The molecule has 0 spiro atoms. The van der Waals surface area contributed by atoms with Crippen molar-refractivity contribution in [2.75, 3.05) is 26.2 Å². The quantitative estimate of drug-likeness (QED) is 0.801. The first-order valence-corrected chi connectivity index (χ1v) is 7.71. The van der Waals surface area contributed by atoms with Crippen LogP contribution in [0.25, 0.3) is 0 Å². The summed E-state index contributed by atoms with van der Waals surface area (Å²) in [5, 5.41) is 12.2. The van der Waals surface area contributed by atoms with E-state index in [1.807, 2.05) is 12.1 Å². The molecule has 106 valence electrons. The van der Waals surface area contributed by atoms with Crippen LogP contribution < -0.4 is 5.32 Å². The fourth-order valence-electron chi connectivity index (χ4n) is 2.53. The number of hydrogen-bond donors (Lipinski definition) is 2. The van der Waals surface area contributed by atoms with Crippen LogP contribution in [0.1, 0.15) is 23.1 Å². The predicted octanol–water partition coefficient (Wildman–Crippen LogP) is 1.81. The number of carboxylic acid groups (broad SMARTS) is 1. The highest BCUT2D eigenvalue weighted by molar-refractivity contribution is 7.12. The molecule has 0 bridgehead atoms.